The van der Waals surface area contributed by atoms with Gasteiger partial charge in [0.1, 0.15) is 0 Å². The van der Waals surface area contributed by atoms with Crippen molar-refractivity contribution in [2.75, 3.05) is 25.5 Å². The minimum Gasteiger partial charge on any atom is -0.481 e. The second-order valence-corrected chi connectivity index (χ2v) is 6.72. The molecule has 1 aliphatic heterocycles. The normalized spacial score (nSPS) is 15.1. The number of rotatable bonds is 4. The van der Waals surface area contributed by atoms with Gasteiger partial charge in [0.25, 0.3) is 5.91 Å². The Hall–Kier alpha value is -3.10. The molecule has 0 aliphatic carbocycles. The van der Waals surface area contributed by atoms with Crippen LogP contribution in [0, 0.1) is 5.92 Å². The molecule has 0 bridgehead atoms. The lowest BCUT2D eigenvalue weighted by Crippen LogP contribution is -2.41. The lowest BCUT2D eigenvalue weighted by atomic mass is 9.95. The van der Waals surface area contributed by atoms with Gasteiger partial charge in [-0.05, 0) is 43.2 Å². The van der Waals surface area contributed by atoms with Crippen LogP contribution in [0.1, 0.15) is 28.8 Å². The molecule has 0 spiro atoms. The number of carbonyl (C=O) groups excluding carboxylic acids is 2. The smallest absolute Gasteiger partial charge is 0.416 e. The molecule has 0 saturated carbocycles. The summed E-state index contributed by atoms with van der Waals surface area (Å²) in [5, 5.41) is 2.79. The monoisotopic (exact) mass is 407 g/mol. The zero-order valence-corrected chi connectivity index (χ0v) is 15.7. The van der Waals surface area contributed by atoms with E-state index in [1.807, 2.05) is 0 Å². The Morgan fingerprint density at radius 3 is 2.28 bits per heavy atom. The molecule has 2 heterocycles. The molecule has 6 nitrogen and oxygen atoms in total. The van der Waals surface area contributed by atoms with Crippen LogP contribution in [-0.4, -0.2) is 41.9 Å². The maximum atomic E-state index is 12.6. The first kappa shape index (κ1) is 20.6. The van der Waals surface area contributed by atoms with Gasteiger partial charge in [-0.1, -0.05) is 0 Å². The molecule has 1 aromatic heterocycles. The molecule has 1 saturated heterocycles. The molecule has 0 radical (unpaired) electrons. The minimum atomic E-state index is -4.44. The number of amides is 2. The Labute approximate surface area is 165 Å². The summed E-state index contributed by atoms with van der Waals surface area (Å²) < 4.78 is 42.9. The Balaban J connectivity index is 1.54. The van der Waals surface area contributed by atoms with Gasteiger partial charge in [0, 0.05) is 30.6 Å². The molecule has 1 aromatic carbocycles. The lowest BCUT2D eigenvalue weighted by Gasteiger charge is -2.31. The second kappa shape index (κ2) is 8.50. The van der Waals surface area contributed by atoms with Crippen molar-refractivity contribution < 1.29 is 27.5 Å². The number of nitrogens with one attached hydrogen (secondary N) is 1. The van der Waals surface area contributed by atoms with Crippen LogP contribution in [-0.2, 0) is 11.0 Å². The first-order chi connectivity index (χ1) is 13.8. The first-order valence-corrected chi connectivity index (χ1v) is 9.05. The number of methoxy groups -OCH3 is 1. The quantitative estimate of drug-likeness (QED) is 0.841. The van der Waals surface area contributed by atoms with Crippen molar-refractivity contribution in [2.45, 2.75) is 19.0 Å². The maximum Gasteiger partial charge on any atom is 0.416 e. The Bertz CT molecular complexity index is 859. The van der Waals surface area contributed by atoms with E-state index in [0.29, 0.717) is 37.5 Å². The van der Waals surface area contributed by atoms with E-state index in [0.717, 1.165) is 12.1 Å². The SMILES string of the molecule is COc1ccc(NC(=O)C2CCN(C(=O)c3ccc(C(F)(F)F)cc3)CC2)cn1. The van der Waals surface area contributed by atoms with Gasteiger partial charge in [0.2, 0.25) is 11.8 Å². The first-order valence-electron chi connectivity index (χ1n) is 9.05. The van der Waals surface area contributed by atoms with Crippen molar-refractivity contribution in [3.8, 4) is 5.88 Å². The summed E-state index contributed by atoms with van der Waals surface area (Å²) >= 11 is 0. The average molecular weight is 407 g/mol. The number of piperidine rings is 1. The van der Waals surface area contributed by atoms with Crippen LogP contribution >= 0.6 is 0 Å². The van der Waals surface area contributed by atoms with Crippen LogP contribution in [0.5, 0.6) is 5.88 Å². The topological polar surface area (TPSA) is 71.5 Å². The van der Waals surface area contributed by atoms with E-state index in [1.165, 1.54) is 25.4 Å². The number of anilines is 1. The lowest BCUT2D eigenvalue weighted by molar-refractivity contribution is -0.137. The van der Waals surface area contributed by atoms with E-state index >= 15 is 0 Å². The van der Waals surface area contributed by atoms with Crippen molar-refractivity contribution in [2.24, 2.45) is 5.92 Å². The van der Waals surface area contributed by atoms with Gasteiger partial charge in [-0.25, -0.2) is 4.98 Å². The number of nitrogens with zero attached hydrogens (tertiary/aromatic N) is 2. The van der Waals surface area contributed by atoms with Crippen molar-refractivity contribution in [3.63, 3.8) is 0 Å². The van der Waals surface area contributed by atoms with Gasteiger partial charge in [-0.3, -0.25) is 9.59 Å². The third kappa shape index (κ3) is 5.04. The molecule has 0 atom stereocenters. The Morgan fingerprint density at radius 1 is 1.10 bits per heavy atom. The number of benzene rings is 1. The zero-order chi connectivity index (χ0) is 21.0. The van der Waals surface area contributed by atoms with Crippen LogP contribution < -0.4 is 10.1 Å². The van der Waals surface area contributed by atoms with Crippen molar-refractivity contribution in [1.29, 1.82) is 0 Å². The highest BCUT2D eigenvalue weighted by molar-refractivity contribution is 5.95. The number of hydrogen-bond acceptors (Lipinski definition) is 4. The van der Waals surface area contributed by atoms with Gasteiger partial charge in [-0.2, -0.15) is 13.2 Å². The Morgan fingerprint density at radius 2 is 1.76 bits per heavy atom. The fourth-order valence-electron chi connectivity index (χ4n) is 3.15. The molecule has 1 fully saturated rings. The van der Waals surface area contributed by atoms with E-state index in [2.05, 4.69) is 10.3 Å². The molecule has 3 rings (SSSR count). The molecular weight excluding hydrogens is 387 g/mol. The summed E-state index contributed by atoms with van der Waals surface area (Å²) in [6, 6.07) is 7.49. The van der Waals surface area contributed by atoms with E-state index in [1.54, 1.807) is 17.0 Å². The fourth-order valence-corrected chi connectivity index (χ4v) is 3.15. The summed E-state index contributed by atoms with van der Waals surface area (Å²) in [4.78, 5) is 30.5. The maximum absolute atomic E-state index is 12.6. The van der Waals surface area contributed by atoms with Crippen LogP contribution in [0.2, 0.25) is 0 Å². The van der Waals surface area contributed by atoms with E-state index in [4.69, 9.17) is 4.74 Å². The predicted molar refractivity (Wildman–Crippen MR) is 99.5 cm³/mol. The molecule has 2 amide bonds. The van der Waals surface area contributed by atoms with Crippen molar-refractivity contribution in [1.82, 2.24) is 9.88 Å². The third-order valence-corrected chi connectivity index (χ3v) is 4.83. The molecule has 154 valence electrons. The van der Waals surface area contributed by atoms with Crippen LogP contribution in [0.15, 0.2) is 42.6 Å². The summed E-state index contributed by atoms with van der Waals surface area (Å²) in [5.41, 5.74) is -0.0401. The highest BCUT2D eigenvalue weighted by atomic mass is 19.4. The average Bonchev–Trinajstić information content (AvgIpc) is 2.73. The van der Waals surface area contributed by atoms with Gasteiger partial charge in [0.05, 0.1) is 24.6 Å². The van der Waals surface area contributed by atoms with Gasteiger partial charge >= 0.3 is 6.18 Å². The molecule has 9 heteroatoms. The zero-order valence-electron chi connectivity index (χ0n) is 15.7. The van der Waals surface area contributed by atoms with Gasteiger partial charge in [0.15, 0.2) is 0 Å². The van der Waals surface area contributed by atoms with E-state index in [9.17, 15) is 22.8 Å². The standard InChI is InChI=1S/C20H20F3N3O3/c1-29-17-7-6-16(12-24-17)25-18(27)13-8-10-26(11-9-13)19(28)14-2-4-15(5-3-14)20(21,22)23/h2-7,12-13H,8-11H2,1H3,(H,25,27). The summed E-state index contributed by atoms with van der Waals surface area (Å²) in [5.74, 6) is -0.303. The summed E-state index contributed by atoms with van der Waals surface area (Å²) in [6.45, 7) is 0.720. The molecule has 1 N–H and O–H groups in total. The molecule has 29 heavy (non-hydrogen) atoms. The molecule has 2 aromatic rings. The number of hydrogen-bond donors (Lipinski definition) is 1. The van der Waals surface area contributed by atoms with Crippen LogP contribution in [0.4, 0.5) is 18.9 Å². The number of likely N-dealkylation sites (tertiary alicyclic amines) is 1. The molecular formula is C20H20F3N3O3. The fraction of sp³-hybridized carbons (Fsp3) is 0.350. The largest absolute Gasteiger partial charge is 0.481 e. The number of alkyl halides is 3. The van der Waals surface area contributed by atoms with Gasteiger partial charge in [-0.15, -0.1) is 0 Å². The summed E-state index contributed by atoms with van der Waals surface area (Å²) in [7, 11) is 1.50. The number of pyridine rings is 1. The highest BCUT2D eigenvalue weighted by Gasteiger charge is 2.31. The predicted octanol–water partition coefficient (Wildman–Crippen LogP) is 3.60. The number of halogens is 3. The number of ether oxygens (including phenoxy) is 1. The summed E-state index contributed by atoms with van der Waals surface area (Å²) in [6.07, 6.45) is -1.99. The highest BCUT2D eigenvalue weighted by Crippen LogP contribution is 2.29. The van der Waals surface area contributed by atoms with E-state index in [-0.39, 0.29) is 23.3 Å². The molecule has 1 aliphatic rings. The van der Waals surface area contributed by atoms with Crippen molar-refractivity contribution >= 4 is 17.5 Å². The number of aromatic nitrogens is 1. The van der Waals surface area contributed by atoms with E-state index < -0.39 is 11.7 Å². The minimum absolute atomic E-state index is 0.154. The van der Waals surface area contributed by atoms with Crippen molar-refractivity contribution in [3.05, 3.63) is 53.7 Å². The Kier molecular flexibility index (Phi) is 6.05. The van der Waals surface area contributed by atoms with Crippen LogP contribution in [0.25, 0.3) is 0 Å². The van der Waals surface area contributed by atoms with Gasteiger partial charge < -0.3 is 15.0 Å². The third-order valence-electron chi connectivity index (χ3n) is 4.83. The number of carbonyl (C=O) groups is 2. The molecule has 0 unspecified atom stereocenters. The van der Waals surface area contributed by atoms with Crippen LogP contribution in [0.3, 0.4) is 0 Å². The second-order valence-electron chi connectivity index (χ2n) is 6.72.